The van der Waals surface area contributed by atoms with E-state index in [0.29, 0.717) is 34.3 Å². The minimum atomic E-state index is -0.322. The number of rotatable bonds is 4. The molecule has 1 fully saturated rings. The lowest BCUT2D eigenvalue weighted by molar-refractivity contribution is -0.135. The maximum absolute atomic E-state index is 12.0. The fraction of sp³-hybridized carbons (Fsp3) is 0.438. The van der Waals surface area contributed by atoms with Crippen LogP contribution in [0, 0.1) is 0 Å². The van der Waals surface area contributed by atoms with Crippen LogP contribution in [-0.2, 0) is 9.59 Å². The van der Waals surface area contributed by atoms with Crippen LogP contribution in [0.5, 0.6) is 0 Å². The molecule has 0 unspecified atom stereocenters. The van der Waals surface area contributed by atoms with E-state index >= 15 is 0 Å². The second-order valence-corrected chi connectivity index (χ2v) is 6.33. The van der Waals surface area contributed by atoms with Crippen LogP contribution in [0.25, 0.3) is 0 Å². The fourth-order valence-corrected chi connectivity index (χ4v) is 2.82. The van der Waals surface area contributed by atoms with Crippen molar-refractivity contribution in [3.05, 3.63) is 33.8 Å². The minimum absolute atomic E-state index is 0.0243. The first kappa shape index (κ1) is 17.8. The van der Waals surface area contributed by atoms with E-state index in [4.69, 9.17) is 23.2 Å². The number of nitrogens with zero attached hydrogens (tertiary/aromatic N) is 2. The van der Waals surface area contributed by atoms with Crippen molar-refractivity contribution >= 4 is 40.7 Å². The van der Waals surface area contributed by atoms with E-state index < -0.39 is 0 Å². The maximum Gasteiger partial charge on any atom is 0.259 e. The Kier molecular flexibility index (Phi) is 6.42. The second kappa shape index (κ2) is 8.31. The van der Waals surface area contributed by atoms with Crippen molar-refractivity contribution in [2.75, 3.05) is 13.1 Å². The van der Waals surface area contributed by atoms with Crippen molar-refractivity contribution in [1.29, 1.82) is 0 Å². The van der Waals surface area contributed by atoms with E-state index in [2.05, 4.69) is 10.5 Å². The Balaban J connectivity index is 1.97. The molecule has 7 heteroatoms. The van der Waals surface area contributed by atoms with Gasteiger partial charge < -0.3 is 4.90 Å². The molecule has 0 atom stereocenters. The lowest BCUT2D eigenvalue weighted by atomic mass is 10.1. The largest absolute Gasteiger partial charge is 0.333 e. The summed E-state index contributed by atoms with van der Waals surface area (Å²) in [6.45, 7) is 2.38. The molecule has 1 N–H and O–H groups in total. The SMILES string of the molecule is C/C(=N/NC(=O)CN1CCCCCC1=O)c1cc(Cl)ccc1Cl. The molecule has 0 spiro atoms. The summed E-state index contributed by atoms with van der Waals surface area (Å²) in [6.07, 6.45) is 3.35. The quantitative estimate of drug-likeness (QED) is 0.665. The molecule has 23 heavy (non-hydrogen) atoms. The number of likely N-dealkylation sites (tertiary alicyclic amines) is 1. The van der Waals surface area contributed by atoms with Crippen LogP contribution < -0.4 is 5.43 Å². The number of carbonyl (C=O) groups excluding carboxylic acids is 2. The molecule has 0 bridgehead atoms. The summed E-state index contributed by atoms with van der Waals surface area (Å²) in [4.78, 5) is 25.4. The van der Waals surface area contributed by atoms with Gasteiger partial charge in [-0.3, -0.25) is 9.59 Å². The van der Waals surface area contributed by atoms with Gasteiger partial charge in [0.15, 0.2) is 0 Å². The zero-order chi connectivity index (χ0) is 16.8. The molecule has 1 aromatic rings. The first-order valence-corrected chi connectivity index (χ1v) is 8.29. The molecule has 0 saturated carbocycles. The molecule has 0 radical (unpaired) electrons. The Hall–Kier alpha value is -1.59. The summed E-state index contributed by atoms with van der Waals surface area (Å²) >= 11 is 12.0. The molecule has 124 valence electrons. The standard InChI is InChI=1S/C16H19Cl2N3O2/c1-11(13-9-12(17)6-7-14(13)18)19-20-15(22)10-21-8-4-2-3-5-16(21)23/h6-7,9H,2-5,8,10H2,1H3,(H,20,22)/b19-11-. The highest BCUT2D eigenvalue weighted by Crippen LogP contribution is 2.21. The normalized spacial score (nSPS) is 16.2. The van der Waals surface area contributed by atoms with Crippen LogP contribution in [0.15, 0.2) is 23.3 Å². The number of hydrogen-bond acceptors (Lipinski definition) is 3. The van der Waals surface area contributed by atoms with Gasteiger partial charge in [0, 0.05) is 28.6 Å². The fourth-order valence-electron chi connectivity index (χ4n) is 2.40. The smallest absolute Gasteiger partial charge is 0.259 e. The number of carbonyl (C=O) groups is 2. The van der Waals surface area contributed by atoms with Crippen LogP contribution in [0.3, 0.4) is 0 Å². The van der Waals surface area contributed by atoms with Crippen LogP contribution >= 0.6 is 23.2 Å². The number of halogens is 2. The number of hydrazone groups is 1. The lowest BCUT2D eigenvalue weighted by Crippen LogP contribution is -2.39. The van der Waals surface area contributed by atoms with Crippen molar-refractivity contribution < 1.29 is 9.59 Å². The first-order valence-electron chi connectivity index (χ1n) is 7.53. The van der Waals surface area contributed by atoms with Gasteiger partial charge in [0.25, 0.3) is 5.91 Å². The average Bonchev–Trinajstić information content (AvgIpc) is 2.72. The molecular formula is C16H19Cl2N3O2. The Morgan fingerprint density at radius 3 is 2.87 bits per heavy atom. The molecule has 2 amide bonds. The van der Waals surface area contributed by atoms with Crippen molar-refractivity contribution in [2.45, 2.75) is 32.6 Å². The molecule has 1 saturated heterocycles. The average molecular weight is 356 g/mol. The second-order valence-electron chi connectivity index (χ2n) is 5.48. The van der Waals surface area contributed by atoms with Crippen molar-refractivity contribution in [2.24, 2.45) is 5.10 Å². The van der Waals surface area contributed by atoms with Gasteiger partial charge in [0.2, 0.25) is 5.91 Å². The predicted molar refractivity (Wildman–Crippen MR) is 91.9 cm³/mol. The molecule has 2 rings (SSSR count). The summed E-state index contributed by atoms with van der Waals surface area (Å²) in [5, 5.41) is 5.10. The van der Waals surface area contributed by atoms with Crippen molar-refractivity contribution in [3.8, 4) is 0 Å². The number of benzene rings is 1. The Bertz CT molecular complexity index is 632. The Morgan fingerprint density at radius 1 is 1.30 bits per heavy atom. The van der Waals surface area contributed by atoms with E-state index in [9.17, 15) is 9.59 Å². The van der Waals surface area contributed by atoms with E-state index in [-0.39, 0.29) is 18.4 Å². The third kappa shape index (κ3) is 5.22. The van der Waals surface area contributed by atoms with E-state index in [1.807, 2.05) is 0 Å². The Labute approximate surface area is 145 Å². The molecular weight excluding hydrogens is 337 g/mol. The summed E-state index contributed by atoms with van der Waals surface area (Å²) in [5.41, 5.74) is 3.68. The zero-order valence-electron chi connectivity index (χ0n) is 12.9. The highest BCUT2D eigenvalue weighted by molar-refractivity contribution is 6.36. The summed E-state index contributed by atoms with van der Waals surface area (Å²) < 4.78 is 0. The summed E-state index contributed by atoms with van der Waals surface area (Å²) in [7, 11) is 0. The molecule has 0 aliphatic carbocycles. The van der Waals surface area contributed by atoms with Crippen LogP contribution in [0.1, 0.15) is 38.2 Å². The monoisotopic (exact) mass is 355 g/mol. The van der Waals surface area contributed by atoms with E-state index in [1.165, 1.54) is 0 Å². The maximum atomic E-state index is 12.0. The number of amides is 2. The predicted octanol–water partition coefficient (Wildman–Crippen LogP) is 3.24. The van der Waals surface area contributed by atoms with Crippen LogP contribution in [-0.4, -0.2) is 35.5 Å². The van der Waals surface area contributed by atoms with Gasteiger partial charge in [-0.05, 0) is 38.0 Å². The van der Waals surface area contributed by atoms with Gasteiger partial charge in [-0.25, -0.2) is 5.43 Å². The first-order chi connectivity index (χ1) is 11.0. The summed E-state index contributed by atoms with van der Waals surface area (Å²) in [6, 6.07) is 5.05. The molecule has 1 aromatic carbocycles. The van der Waals surface area contributed by atoms with Gasteiger partial charge in [-0.1, -0.05) is 29.6 Å². The van der Waals surface area contributed by atoms with Gasteiger partial charge in [-0.2, -0.15) is 5.10 Å². The van der Waals surface area contributed by atoms with Crippen molar-refractivity contribution in [3.63, 3.8) is 0 Å². The van der Waals surface area contributed by atoms with Gasteiger partial charge in [0.05, 0.1) is 5.71 Å². The van der Waals surface area contributed by atoms with Crippen LogP contribution in [0.4, 0.5) is 0 Å². The number of nitrogens with one attached hydrogen (secondary N) is 1. The number of hydrogen-bond donors (Lipinski definition) is 1. The van der Waals surface area contributed by atoms with E-state index in [1.54, 1.807) is 30.0 Å². The lowest BCUT2D eigenvalue weighted by Gasteiger charge is -2.19. The minimum Gasteiger partial charge on any atom is -0.333 e. The topological polar surface area (TPSA) is 61.8 Å². The highest BCUT2D eigenvalue weighted by Gasteiger charge is 2.19. The summed E-state index contributed by atoms with van der Waals surface area (Å²) in [5.74, 6) is -0.297. The molecule has 1 heterocycles. The molecule has 1 aliphatic heterocycles. The van der Waals surface area contributed by atoms with Gasteiger partial charge in [-0.15, -0.1) is 0 Å². The van der Waals surface area contributed by atoms with E-state index in [0.717, 1.165) is 19.3 Å². The third-order valence-electron chi connectivity index (χ3n) is 3.67. The zero-order valence-corrected chi connectivity index (χ0v) is 14.5. The molecule has 0 aromatic heterocycles. The van der Waals surface area contributed by atoms with Crippen LogP contribution in [0.2, 0.25) is 10.0 Å². The molecule has 5 nitrogen and oxygen atoms in total. The molecule has 1 aliphatic rings. The van der Waals surface area contributed by atoms with Gasteiger partial charge >= 0.3 is 0 Å². The van der Waals surface area contributed by atoms with Crippen molar-refractivity contribution in [1.82, 2.24) is 10.3 Å². The Morgan fingerprint density at radius 2 is 2.09 bits per heavy atom. The third-order valence-corrected chi connectivity index (χ3v) is 4.24. The van der Waals surface area contributed by atoms with Gasteiger partial charge in [0.1, 0.15) is 6.54 Å². The highest BCUT2D eigenvalue weighted by atomic mass is 35.5.